The number of hydrogen-bond donors (Lipinski definition) is 1. The van der Waals surface area contributed by atoms with Gasteiger partial charge in [0.25, 0.3) is 0 Å². The molecule has 1 unspecified atom stereocenters. The van der Waals surface area contributed by atoms with Crippen molar-refractivity contribution in [2.45, 2.75) is 11.8 Å². The van der Waals surface area contributed by atoms with Gasteiger partial charge in [0.05, 0.1) is 4.47 Å². The largest absolute Gasteiger partial charge is 0.506 e. The average molecular weight is 299 g/mol. The molecular formula is C12H11BrO2S. The predicted molar refractivity (Wildman–Crippen MR) is 70.4 cm³/mol. The summed E-state index contributed by atoms with van der Waals surface area (Å²) in [5.74, 6) is 0.239. The molecule has 0 aliphatic rings. The van der Waals surface area contributed by atoms with Gasteiger partial charge in [-0.1, -0.05) is 0 Å². The molecule has 84 valence electrons. The number of halogens is 1. The van der Waals surface area contributed by atoms with Crippen LogP contribution in [0.25, 0.3) is 10.8 Å². The molecule has 0 radical (unpaired) electrons. The van der Waals surface area contributed by atoms with Crippen LogP contribution in [0.4, 0.5) is 0 Å². The lowest BCUT2D eigenvalue weighted by Gasteiger charge is -2.07. The standard InChI is InChI=1S/C12H11BrO2S/c1-7-5-8-6-9(16(2)15)3-4-10(8)12(14)11(7)13/h3-6,14H,1-2H3. The Bertz CT molecular complexity index is 593. The van der Waals surface area contributed by atoms with Crippen LogP contribution in [0, 0.1) is 6.92 Å². The molecule has 2 rings (SSSR count). The fourth-order valence-corrected chi connectivity index (χ4v) is 2.54. The highest BCUT2D eigenvalue weighted by Crippen LogP contribution is 2.36. The number of phenolic OH excluding ortho intramolecular Hbond substituents is 1. The molecule has 16 heavy (non-hydrogen) atoms. The predicted octanol–water partition coefficient (Wildman–Crippen LogP) is 3.35. The van der Waals surface area contributed by atoms with Crippen LogP contribution in [0.2, 0.25) is 0 Å². The van der Waals surface area contributed by atoms with E-state index in [1.165, 1.54) is 0 Å². The first-order valence-electron chi connectivity index (χ1n) is 4.76. The molecule has 0 heterocycles. The number of aromatic hydroxyl groups is 1. The van der Waals surface area contributed by atoms with E-state index in [-0.39, 0.29) is 5.75 Å². The van der Waals surface area contributed by atoms with Crippen molar-refractivity contribution in [1.82, 2.24) is 0 Å². The molecule has 0 aliphatic heterocycles. The fourth-order valence-electron chi connectivity index (χ4n) is 1.66. The van der Waals surface area contributed by atoms with Gasteiger partial charge >= 0.3 is 0 Å². The zero-order chi connectivity index (χ0) is 11.9. The van der Waals surface area contributed by atoms with E-state index in [9.17, 15) is 9.32 Å². The summed E-state index contributed by atoms with van der Waals surface area (Å²) in [4.78, 5) is 0.772. The molecule has 0 amide bonds. The number of aryl methyl sites for hydroxylation is 1. The second-order valence-corrected chi connectivity index (χ2v) is 5.87. The van der Waals surface area contributed by atoms with Crippen molar-refractivity contribution < 1.29 is 9.32 Å². The molecular weight excluding hydrogens is 288 g/mol. The molecule has 2 aromatic rings. The molecule has 0 saturated heterocycles. The molecule has 0 saturated carbocycles. The highest BCUT2D eigenvalue weighted by Gasteiger charge is 2.09. The summed E-state index contributed by atoms with van der Waals surface area (Å²) >= 11 is 3.34. The highest BCUT2D eigenvalue weighted by atomic mass is 79.9. The maximum Gasteiger partial charge on any atom is 0.137 e. The third-order valence-electron chi connectivity index (χ3n) is 2.54. The second-order valence-electron chi connectivity index (χ2n) is 3.69. The van der Waals surface area contributed by atoms with E-state index in [4.69, 9.17) is 0 Å². The molecule has 0 bridgehead atoms. The Balaban J connectivity index is 2.81. The first kappa shape index (κ1) is 11.6. The van der Waals surface area contributed by atoms with E-state index in [0.29, 0.717) is 4.47 Å². The van der Waals surface area contributed by atoms with Crippen LogP contribution in [-0.2, 0) is 10.8 Å². The Morgan fingerprint density at radius 1 is 1.31 bits per heavy atom. The van der Waals surface area contributed by atoms with Gasteiger partial charge in [-0.15, -0.1) is 0 Å². The third-order valence-corrected chi connectivity index (χ3v) is 4.45. The highest BCUT2D eigenvalue weighted by molar-refractivity contribution is 9.10. The summed E-state index contributed by atoms with van der Waals surface area (Å²) in [6.07, 6.45) is 1.65. The van der Waals surface area contributed by atoms with Gasteiger partial charge in [0, 0.05) is 27.3 Å². The summed E-state index contributed by atoms with van der Waals surface area (Å²) in [6, 6.07) is 7.39. The minimum absolute atomic E-state index is 0.239. The summed E-state index contributed by atoms with van der Waals surface area (Å²) in [5.41, 5.74) is 0.962. The van der Waals surface area contributed by atoms with E-state index in [2.05, 4.69) is 15.9 Å². The number of rotatable bonds is 1. The molecule has 0 aromatic heterocycles. The lowest BCUT2D eigenvalue weighted by molar-refractivity contribution is 0.478. The van der Waals surface area contributed by atoms with E-state index >= 15 is 0 Å². The SMILES string of the molecule is Cc1cc2cc(S(C)=O)ccc2c(O)c1Br. The van der Waals surface area contributed by atoms with Crippen molar-refractivity contribution in [3.8, 4) is 5.75 Å². The normalized spacial score (nSPS) is 12.9. The zero-order valence-electron chi connectivity index (χ0n) is 8.95. The van der Waals surface area contributed by atoms with Crippen LogP contribution in [0.5, 0.6) is 5.75 Å². The molecule has 2 aromatic carbocycles. The minimum atomic E-state index is -0.997. The maximum atomic E-state index is 11.4. The van der Waals surface area contributed by atoms with Crippen molar-refractivity contribution in [3.63, 3.8) is 0 Å². The topological polar surface area (TPSA) is 37.3 Å². The van der Waals surface area contributed by atoms with Crippen molar-refractivity contribution in [3.05, 3.63) is 34.3 Å². The van der Waals surface area contributed by atoms with Gasteiger partial charge in [-0.25, -0.2) is 0 Å². The van der Waals surface area contributed by atoms with Crippen LogP contribution in [-0.4, -0.2) is 15.6 Å². The summed E-state index contributed by atoms with van der Waals surface area (Å²) in [7, 11) is -0.997. The Kier molecular flexibility index (Phi) is 3.04. The Labute approximate surface area is 105 Å². The maximum absolute atomic E-state index is 11.4. The third kappa shape index (κ3) is 1.87. The van der Waals surface area contributed by atoms with Crippen LogP contribution < -0.4 is 0 Å². The average Bonchev–Trinajstić information content (AvgIpc) is 2.25. The van der Waals surface area contributed by atoms with Crippen molar-refractivity contribution in [2.75, 3.05) is 6.26 Å². The van der Waals surface area contributed by atoms with Crippen molar-refractivity contribution >= 4 is 37.5 Å². The van der Waals surface area contributed by atoms with Gasteiger partial charge < -0.3 is 5.11 Å². The lowest BCUT2D eigenvalue weighted by Crippen LogP contribution is -1.88. The van der Waals surface area contributed by atoms with Crippen LogP contribution in [0.3, 0.4) is 0 Å². The van der Waals surface area contributed by atoms with Gasteiger partial charge in [0.15, 0.2) is 0 Å². The number of fused-ring (bicyclic) bond motifs is 1. The van der Waals surface area contributed by atoms with Gasteiger partial charge in [0.1, 0.15) is 5.75 Å². The first-order valence-corrected chi connectivity index (χ1v) is 7.11. The number of benzene rings is 2. The molecule has 1 atom stereocenters. The summed E-state index contributed by atoms with van der Waals surface area (Å²) < 4.78 is 12.1. The van der Waals surface area contributed by atoms with Gasteiger partial charge in [-0.05, 0) is 58.1 Å². The zero-order valence-corrected chi connectivity index (χ0v) is 11.4. The van der Waals surface area contributed by atoms with Gasteiger partial charge in [-0.2, -0.15) is 0 Å². The number of phenols is 1. The second kappa shape index (κ2) is 4.18. The molecule has 0 fully saturated rings. The van der Waals surface area contributed by atoms with Crippen LogP contribution in [0.15, 0.2) is 33.6 Å². The quantitative estimate of drug-likeness (QED) is 0.876. The smallest absolute Gasteiger partial charge is 0.137 e. The Morgan fingerprint density at radius 3 is 2.62 bits per heavy atom. The summed E-state index contributed by atoms with van der Waals surface area (Å²) in [5, 5.41) is 11.6. The van der Waals surface area contributed by atoms with Crippen molar-refractivity contribution in [1.29, 1.82) is 0 Å². The van der Waals surface area contributed by atoms with Crippen molar-refractivity contribution in [2.24, 2.45) is 0 Å². The number of hydrogen-bond acceptors (Lipinski definition) is 2. The fraction of sp³-hybridized carbons (Fsp3) is 0.167. The summed E-state index contributed by atoms with van der Waals surface area (Å²) in [6.45, 7) is 1.92. The van der Waals surface area contributed by atoms with E-state index < -0.39 is 10.8 Å². The van der Waals surface area contributed by atoms with Gasteiger partial charge in [0.2, 0.25) is 0 Å². The first-order chi connectivity index (χ1) is 7.50. The molecule has 2 nitrogen and oxygen atoms in total. The molecule has 0 spiro atoms. The lowest BCUT2D eigenvalue weighted by atomic mass is 10.1. The van der Waals surface area contributed by atoms with Gasteiger partial charge in [-0.3, -0.25) is 4.21 Å². The Hall–Kier alpha value is -0.870. The minimum Gasteiger partial charge on any atom is -0.506 e. The molecule has 4 heteroatoms. The Morgan fingerprint density at radius 2 is 2.00 bits per heavy atom. The van der Waals surface area contributed by atoms with Crippen LogP contribution in [0.1, 0.15) is 5.56 Å². The molecule has 1 N–H and O–H groups in total. The monoisotopic (exact) mass is 298 g/mol. The molecule has 0 aliphatic carbocycles. The van der Waals surface area contributed by atoms with E-state index in [1.807, 2.05) is 19.1 Å². The van der Waals surface area contributed by atoms with E-state index in [0.717, 1.165) is 21.2 Å². The van der Waals surface area contributed by atoms with E-state index in [1.54, 1.807) is 18.4 Å². The van der Waals surface area contributed by atoms with Crippen LogP contribution >= 0.6 is 15.9 Å².